The third-order valence-electron chi connectivity index (χ3n) is 2.01. The van der Waals surface area contributed by atoms with E-state index in [1.165, 1.54) is 0 Å². The normalized spacial score (nSPS) is 25.7. The molecule has 0 aliphatic carbocycles. The molecule has 0 fully saturated rings. The predicted molar refractivity (Wildman–Crippen MR) is 53.1 cm³/mol. The minimum atomic E-state index is -0.934. The maximum atomic E-state index is 6.02. The molecule has 0 saturated heterocycles. The molecule has 0 radical (unpaired) electrons. The van der Waals surface area contributed by atoms with Crippen molar-refractivity contribution in [2.45, 2.75) is 12.6 Å². The number of nitrogens with two attached hydrogens (primary N) is 2. The first-order chi connectivity index (χ1) is 6.60. The Balaban J connectivity index is 2.41. The third kappa shape index (κ3) is 1.35. The Morgan fingerprint density at radius 1 is 1.50 bits per heavy atom. The molecule has 0 amide bonds. The summed E-state index contributed by atoms with van der Waals surface area (Å²) in [5.41, 5.74) is 12.2. The summed E-state index contributed by atoms with van der Waals surface area (Å²) in [4.78, 5) is 4.10. The van der Waals surface area contributed by atoms with Crippen LogP contribution in [0, 0.1) is 6.92 Å². The Bertz CT molecular complexity index is 404. The minimum absolute atomic E-state index is 0.294. The van der Waals surface area contributed by atoms with Gasteiger partial charge in [0, 0.05) is 6.20 Å². The summed E-state index contributed by atoms with van der Waals surface area (Å²) in [7, 11) is 0. The van der Waals surface area contributed by atoms with Crippen molar-refractivity contribution in [2.24, 2.45) is 16.5 Å². The van der Waals surface area contributed by atoms with Crippen LogP contribution in [-0.4, -0.2) is 16.2 Å². The molecule has 2 rings (SSSR count). The lowest BCUT2D eigenvalue weighted by Crippen LogP contribution is -2.42. The van der Waals surface area contributed by atoms with Crippen LogP contribution in [0.5, 0.6) is 0 Å². The summed E-state index contributed by atoms with van der Waals surface area (Å²) < 4.78 is 0. The fourth-order valence-corrected chi connectivity index (χ4v) is 1.30. The molecule has 1 aromatic rings. The van der Waals surface area contributed by atoms with Gasteiger partial charge in [0.15, 0.2) is 11.6 Å². The van der Waals surface area contributed by atoms with E-state index in [4.69, 9.17) is 11.5 Å². The van der Waals surface area contributed by atoms with Gasteiger partial charge in [0.2, 0.25) is 0 Å². The topological polar surface area (TPSA) is 105 Å². The van der Waals surface area contributed by atoms with Gasteiger partial charge in [-0.1, -0.05) is 0 Å². The monoisotopic (exact) mass is 192 g/mol. The lowest BCUT2D eigenvalue weighted by molar-refractivity contribution is 0.559. The maximum absolute atomic E-state index is 6.02. The molecule has 0 aromatic carbocycles. The van der Waals surface area contributed by atoms with E-state index in [0.717, 1.165) is 11.4 Å². The van der Waals surface area contributed by atoms with Crippen LogP contribution in [0.1, 0.15) is 11.4 Å². The minimum Gasteiger partial charge on any atom is -0.370 e. The number of aromatic amines is 1. The second-order valence-corrected chi connectivity index (χ2v) is 3.22. The van der Waals surface area contributed by atoms with E-state index in [9.17, 15) is 0 Å². The lowest BCUT2D eigenvalue weighted by Gasteiger charge is -2.23. The molecule has 14 heavy (non-hydrogen) atoms. The van der Waals surface area contributed by atoms with Crippen molar-refractivity contribution in [2.75, 3.05) is 0 Å². The van der Waals surface area contributed by atoms with Crippen LogP contribution in [-0.2, 0) is 5.66 Å². The van der Waals surface area contributed by atoms with E-state index in [0.29, 0.717) is 5.96 Å². The van der Waals surface area contributed by atoms with Crippen LogP contribution >= 0.6 is 0 Å². The molecule has 1 aromatic heterocycles. The number of aromatic nitrogens is 2. The summed E-state index contributed by atoms with van der Waals surface area (Å²) in [5.74, 6) is 0.294. The SMILES string of the molecule is Cc1cc(C2(N)C=CNC(N)=N2)[nH]n1. The van der Waals surface area contributed by atoms with Crippen LogP contribution in [0.3, 0.4) is 0 Å². The van der Waals surface area contributed by atoms with E-state index in [2.05, 4.69) is 20.5 Å². The van der Waals surface area contributed by atoms with Crippen LogP contribution in [0.25, 0.3) is 0 Å². The van der Waals surface area contributed by atoms with Gasteiger partial charge in [-0.25, -0.2) is 4.99 Å². The highest BCUT2D eigenvalue weighted by Crippen LogP contribution is 2.21. The molecule has 0 saturated carbocycles. The zero-order valence-corrected chi connectivity index (χ0v) is 7.78. The van der Waals surface area contributed by atoms with Gasteiger partial charge < -0.3 is 11.1 Å². The molecule has 0 spiro atoms. The highest BCUT2D eigenvalue weighted by molar-refractivity contribution is 5.80. The first-order valence-corrected chi connectivity index (χ1v) is 4.21. The Morgan fingerprint density at radius 3 is 2.86 bits per heavy atom. The zero-order chi connectivity index (χ0) is 10.2. The number of hydrogen-bond donors (Lipinski definition) is 4. The highest BCUT2D eigenvalue weighted by Gasteiger charge is 2.27. The number of H-pyrrole nitrogens is 1. The quantitative estimate of drug-likeness (QED) is 0.470. The molecule has 2 heterocycles. The third-order valence-corrected chi connectivity index (χ3v) is 2.01. The summed E-state index contributed by atoms with van der Waals surface area (Å²) in [6, 6.07) is 1.84. The van der Waals surface area contributed by atoms with Gasteiger partial charge in [-0.2, -0.15) is 5.10 Å². The number of aryl methyl sites for hydroxylation is 1. The second kappa shape index (κ2) is 2.85. The molecule has 1 unspecified atom stereocenters. The van der Waals surface area contributed by atoms with E-state index in [-0.39, 0.29) is 0 Å². The standard InChI is InChI=1S/C8H12N6/c1-5-4-6(14-13-5)8(10)2-3-11-7(9)12-8/h2-4H,10H2,1H3,(H,13,14)(H3,9,11,12). The van der Waals surface area contributed by atoms with Gasteiger partial charge in [0.25, 0.3) is 0 Å². The van der Waals surface area contributed by atoms with Crippen LogP contribution in [0.15, 0.2) is 23.3 Å². The van der Waals surface area contributed by atoms with Gasteiger partial charge in [-0.05, 0) is 19.1 Å². The Labute approximate surface area is 81.1 Å². The van der Waals surface area contributed by atoms with E-state index in [1.54, 1.807) is 12.3 Å². The van der Waals surface area contributed by atoms with Crippen LogP contribution < -0.4 is 16.8 Å². The molecule has 6 nitrogen and oxygen atoms in total. The molecular weight excluding hydrogens is 180 g/mol. The first kappa shape index (κ1) is 8.76. The van der Waals surface area contributed by atoms with Crippen molar-refractivity contribution in [3.05, 3.63) is 29.7 Å². The van der Waals surface area contributed by atoms with E-state index < -0.39 is 5.66 Å². The van der Waals surface area contributed by atoms with E-state index >= 15 is 0 Å². The van der Waals surface area contributed by atoms with Crippen molar-refractivity contribution >= 4 is 5.96 Å². The summed E-state index contributed by atoms with van der Waals surface area (Å²) in [6.45, 7) is 1.88. The molecule has 1 atom stereocenters. The van der Waals surface area contributed by atoms with Crippen LogP contribution in [0.2, 0.25) is 0 Å². The fourth-order valence-electron chi connectivity index (χ4n) is 1.30. The smallest absolute Gasteiger partial charge is 0.195 e. The Hall–Kier alpha value is -1.82. The predicted octanol–water partition coefficient (Wildman–Crippen LogP) is -0.739. The molecule has 0 bridgehead atoms. The summed E-state index contributed by atoms with van der Waals surface area (Å²) in [5, 5.41) is 9.56. The van der Waals surface area contributed by atoms with Crippen molar-refractivity contribution in [3.8, 4) is 0 Å². The molecule has 1 aliphatic heterocycles. The molecule has 74 valence electrons. The van der Waals surface area contributed by atoms with Gasteiger partial charge in [0.1, 0.15) is 0 Å². The lowest BCUT2D eigenvalue weighted by atomic mass is 10.1. The first-order valence-electron chi connectivity index (χ1n) is 4.21. The molecule has 6 N–H and O–H groups in total. The largest absolute Gasteiger partial charge is 0.370 e. The van der Waals surface area contributed by atoms with Gasteiger partial charge in [-0.15, -0.1) is 0 Å². The van der Waals surface area contributed by atoms with Crippen molar-refractivity contribution in [3.63, 3.8) is 0 Å². The van der Waals surface area contributed by atoms with Gasteiger partial charge in [0.05, 0.1) is 11.4 Å². The Morgan fingerprint density at radius 2 is 2.29 bits per heavy atom. The van der Waals surface area contributed by atoms with Gasteiger partial charge in [-0.3, -0.25) is 10.8 Å². The van der Waals surface area contributed by atoms with Crippen molar-refractivity contribution in [1.29, 1.82) is 0 Å². The highest BCUT2D eigenvalue weighted by atomic mass is 15.2. The summed E-state index contributed by atoms with van der Waals surface area (Å²) in [6.07, 6.45) is 3.38. The average Bonchev–Trinajstić information content (AvgIpc) is 2.52. The molecule has 6 heteroatoms. The number of guanidine groups is 1. The number of nitrogens with zero attached hydrogens (tertiary/aromatic N) is 2. The van der Waals surface area contributed by atoms with Crippen LogP contribution in [0.4, 0.5) is 0 Å². The second-order valence-electron chi connectivity index (χ2n) is 3.22. The number of rotatable bonds is 1. The molecule has 1 aliphatic rings. The zero-order valence-electron chi connectivity index (χ0n) is 7.78. The van der Waals surface area contributed by atoms with Crippen molar-refractivity contribution < 1.29 is 0 Å². The fraction of sp³-hybridized carbons (Fsp3) is 0.250. The Kier molecular flexibility index (Phi) is 1.78. The summed E-state index contributed by atoms with van der Waals surface area (Å²) >= 11 is 0. The van der Waals surface area contributed by atoms with Crippen molar-refractivity contribution in [1.82, 2.24) is 15.5 Å². The molecular formula is C8H12N6. The van der Waals surface area contributed by atoms with Gasteiger partial charge >= 0.3 is 0 Å². The number of aliphatic imine (C=N–C) groups is 1. The maximum Gasteiger partial charge on any atom is 0.195 e. The number of nitrogens with one attached hydrogen (secondary N) is 2. The van der Waals surface area contributed by atoms with E-state index in [1.807, 2.05) is 13.0 Å². The number of hydrogen-bond acceptors (Lipinski definition) is 5. The average molecular weight is 192 g/mol.